The number of rotatable bonds is 4. The van der Waals surface area contributed by atoms with E-state index in [2.05, 4.69) is 25.8 Å². The highest BCUT2D eigenvalue weighted by atomic mass is 16.5. The molecule has 0 aliphatic rings. The summed E-state index contributed by atoms with van der Waals surface area (Å²) in [4.78, 5) is 2.16. The molecule has 0 aromatic carbocycles. The summed E-state index contributed by atoms with van der Waals surface area (Å²) in [6.07, 6.45) is 0. The lowest BCUT2D eigenvalue weighted by molar-refractivity contribution is 0.0350. The van der Waals surface area contributed by atoms with Crippen LogP contribution in [-0.2, 0) is 4.74 Å². The van der Waals surface area contributed by atoms with E-state index in [9.17, 15) is 0 Å². The average Bonchev–Trinajstić information content (AvgIpc) is 1.82. The standard InChI is InChI=1S/C7H17NO/c1-5-9-6-8(4)7(2)3/h7H,5-6H2,1-4H3. The predicted octanol–water partition coefficient (Wildman–Crippen LogP) is 1.32. The number of ether oxygens (including phenoxy) is 1. The molecule has 0 N–H and O–H groups in total. The van der Waals surface area contributed by atoms with Crippen molar-refractivity contribution >= 4 is 0 Å². The van der Waals surface area contributed by atoms with Crippen LogP contribution in [0.15, 0.2) is 0 Å². The van der Waals surface area contributed by atoms with Crippen LogP contribution in [0.1, 0.15) is 20.8 Å². The van der Waals surface area contributed by atoms with E-state index in [1.54, 1.807) is 0 Å². The van der Waals surface area contributed by atoms with Crippen molar-refractivity contribution in [3.05, 3.63) is 0 Å². The van der Waals surface area contributed by atoms with Crippen LogP contribution in [-0.4, -0.2) is 31.3 Å². The van der Waals surface area contributed by atoms with Crippen LogP contribution in [0.2, 0.25) is 0 Å². The number of hydrogen-bond acceptors (Lipinski definition) is 2. The van der Waals surface area contributed by atoms with E-state index < -0.39 is 0 Å². The summed E-state index contributed by atoms with van der Waals surface area (Å²) in [7, 11) is 2.06. The molecular formula is C7H17NO. The zero-order valence-electron chi connectivity index (χ0n) is 6.85. The Labute approximate surface area is 57.8 Å². The molecule has 9 heavy (non-hydrogen) atoms. The van der Waals surface area contributed by atoms with Gasteiger partial charge in [0.25, 0.3) is 0 Å². The maximum atomic E-state index is 5.18. The van der Waals surface area contributed by atoms with Crippen molar-refractivity contribution in [1.82, 2.24) is 4.90 Å². The molecule has 0 aliphatic carbocycles. The van der Waals surface area contributed by atoms with Crippen LogP contribution in [0.25, 0.3) is 0 Å². The lowest BCUT2D eigenvalue weighted by Gasteiger charge is -2.19. The molecule has 2 nitrogen and oxygen atoms in total. The number of nitrogens with zero attached hydrogens (tertiary/aromatic N) is 1. The molecule has 0 atom stereocenters. The van der Waals surface area contributed by atoms with Crippen molar-refractivity contribution in [1.29, 1.82) is 0 Å². The van der Waals surface area contributed by atoms with Crippen molar-refractivity contribution < 1.29 is 4.74 Å². The lowest BCUT2D eigenvalue weighted by atomic mass is 10.4. The van der Waals surface area contributed by atoms with Gasteiger partial charge in [0, 0.05) is 12.6 Å². The van der Waals surface area contributed by atoms with Crippen LogP contribution in [0.4, 0.5) is 0 Å². The Morgan fingerprint density at radius 2 is 2.00 bits per heavy atom. The van der Waals surface area contributed by atoms with Crippen molar-refractivity contribution in [3.63, 3.8) is 0 Å². The molecule has 2 heteroatoms. The van der Waals surface area contributed by atoms with Gasteiger partial charge >= 0.3 is 0 Å². The molecule has 0 aromatic heterocycles. The molecule has 0 aromatic rings. The first-order valence-electron chi connectivity index (χ1n) is 3.46. The summed E-state index contributed by atoms with van der Waals surface area (Å²) in [5, 5.41) is 0. The average molecular weight is 131 g/mol. The third-order valence-corrected chi connectivity index (χ3v) is 1.38. The summed E-state index contributed by atoms with van der Waals surface area (Å²) in [6.45, 7) is 7.86. The summed E-state index contributed by atoms with van der Waals surface area (Å²) >= 11 is 0. The first kappa shape index (κ1) is 8.92. The minimum Gasteiger partial charge on any atom is -0.366 e. The van der Waals surface area contributed by atoms with E-state index >= 15 is 0 Å². The van der Waals surface area contributed by atoms with Crippen molar-refractivity contribution in [2.45, 2.75) is 26.8 Å². The third kappa shape index (κ3) is 4.43. The van der Waals surface area contributed by atoms with Crippen LogP contribution < -0.4 is 0 Å². The Kier molecular flexibility index (Phi) is 4.72. The van der Waals surface area contributed by atoms with Gasteiger partial charge in [-0.05, 0) is 27.8 Å². The monoisotopic (exact) mass is 131 g/mol. The Balaban J connectivity index is 3.16. The second kappa shape index (κ2) is 4.77. The smallest absolute Gasteiger partial charge is 0.0989 e. The van der Waals surface area contributed by atoms with Crippen molar-refractivity contribution in [2.24, 2.45) is 0 Å². The highest BCUT2D eigenvalue weighted by Gasteiger charge is 1.99. The Morgan fingerprint density at radius 3 is 2.33 bits per heavy atom. The maximum Gasteiger partial charge on any atom is 0.0989 e. The zero-order chi connectivity index (χ0) is 7.28. The van der Waals surface area contributed by atoms with E-state index in [0.717, 1.165) is 13.3 Å². The number of hydrogen-bond donors (Lipinski definition) is 0. The van der Waals surface area contributed by atoms with Gasteiger partial charge in [-0.2, -0.15) is 0 Å². The van der Waals surface area contributed by atoms with Gasteiger partial charge in [0.05, 0.1) is 6.73 Å². The fraction of sp³-hybridized carbons (Fsp3) is 1.00. The Morgan fingerprint density at radius 1 is 1.44 bits per heavy atom. The molecule has 0 unspecified atom stereocenters. The van der Waals surface area contributed by atoms with Gasteiger partial charge in [0.15, 0.2) is 0 Å². The van der Waals surface area contributed by atoms with Crippen LogP contribution in [0.5, 0.6) is 0 Å². The highest BCUT2D eigenvalue weighted by molar-refractivity contribution is 4.49. The first-order chi connectivity index (χ1) is 4.18. The van der Waals surface area contributed by atoms with E-state index in [0.29, 0.717) is 6.04 Å². The first-order valence-corrected chi connectivity index (χ1v) is 3.46. The van der Waals surface area contributed by atoms with Crippen LogP contribution in [0.3, 0.4) is 0 Å². The van der Waals surface area contributed by atoms with E-state index in [1.807, 2.05) is 6.92 Å². The van der Waals surface area contributed by atoms with Gasteiger partial charge in [0.1, 0.15) is 0 Å². The lowest BCUT2D eigenvalue weighted by Crippen LogP contribution is -2.28. The third-order valence-electron chi connectivity index (χ3n) is 1.38. The molecule has 0 saturated heterocycles. The molecule has 0 saturated carbocycles. The Bertz CT molecular complexity index is 63.9. The van der Waals surface area contributed by atoms with Gasteiger partial charge < -0.3 is 4.74 Å². The zero-order valence-corrected chi connectivity index (χ0v) is 6.85. The van der Waals surface area contributed by atoms with Gasteiger partial charge in [-0.15, -0.1) is 0 Å². The fourth-order valence-corrected chi connectivity index (χ4v) is 0.384. The molecule has 56 valence electrons. The van der Waals surface area contributed by atoms with Crippen LogP contribution >= 0.6 is 0 Å². The highest BCUT2D eigenvalue weighted by Crippen LogP contribution is 1.91. The van der Waals surface area contributed by atoms with Gasteiger partial charge in [-0.25, -0.2) is 0 Å². The largest absolute Gasteiger partial charge is 0.366 e. The summed E-state index contributed by atoms with van der Waals surface area (Å²) < 4.78 is 5.18. The normalized spacial score (nSPS) is 11.3. The molecule has 0 aliphatic heterocycles. The summed E-state index contributed by atoms with van der Waals surface area (Å²) in [5.74, 6) is 0. The Hall–Kier alpha value is -0.0800. The molecule has 0 heterocycles. The van der Waals surface area contributed by atoms with Gasteiger partial charge in [-0.3, -0.25) is 4.90 Å². The van der Waals surface area contributed by atoms with Crippen LogP contribution in [0, 0.1) is 0 Å². The van der Waals surface area contributed by atoms with E-state index in [1.165, 1.54) is 0 Å². The molecule has 0 radical (unpaired) electrons. The van der Waals surface area contributed by atoms with E-state index in [-0.39, 0.29) is 0 Å². The summed E-state index contributed by atoms with van der Waals surface area (Å²) in [5.41, 5.74) is 0. The second-order valence-electron chi connectivity index (χ2n) is 2.47. The minimum atomic E-state index is 0.580. The SMILES string of the molecule is CCOCN(C)C(C)C. The van der Waals surface area contributed by atoms with Crippen molar-refractivity contribution in [2.75, 3.05) is 20.4 Å². The topological polar surface area (TPSA) is 12.5 Å². The maximum absolute atomic E-state index is 5.18. The summed E-state index contributed by atoms with van der Waals surface area (Å²) in [6, 6.07) is 0.580. The molecule has 0 bridgehead atoms. The van der Waals surface area contributed by atoms with Gasteiger partial charge in [-0.1, -0.05) is 0 Å². The second-order valence-corrected chi connectivity index (χ2v) is 2.47. The molecular weight excluding hydrogens is 114 g/mol. The van der Waals surface area contributed by atoms with Gasteiger partial charge in [0.2, 0.25) is 0 Å². The minimum absolute atomic E-state index is 0.580. The fourth-order valence-electron chi connectivity index (χ4n) is 0.384. The quantitative estimate of drug-likeness (QED) is 0.533. The van der Waals surface area contributed by atoms with E-state index in [4.69, 9.17) is 4.74 Å². The predicted molar refractivity (Wildman–Crippen MR) is 39.4 cm³/mol. The molecule has 0 spiro atoms. The van der Waals surface area contributed by atoms with Crippen molar-refractivity contribution in [3.8, 4) is 0 Å². The molecule has 0 fully saturated rings. The molecule has 0 amide bonds. The molecule has 0 rings (SSSR count).